The van der Waals surface area contributed by atoms with Gasteiger partial charge in [0, 0.05) is 10.9 Å². The molecule has 1 heterocycles. The van der Waals surface area contributed by atoms with E-state index >= 15 is 0 Å². The second-order valence-electron chi connectivity index (χ2n) is 6.23. The SMILES string of the molecule is CCCNCc1oc2c(C)c(C)cc(C)c2c1C1CC1. The van der Waals surface area contributed by atoms with E-state index in [4.69, 9.17) is 4.42 Å². The van der Waals surface area contributed by atoms with Gasteiger partial charge in [0.05, 0.1) is 6.54 Å². The topological polar surface area (TPSA) is 25.2 Å². The molecule has 1 aliphatic rings. The first-order valence-corrected chi connectivity index (χ1v) is 7.86. The minimum Gasteiger partial charge on any atom is -0.459 e. The van der Waals surface area contributed by atoms with E-state index in [0.717, 1.165) is 31.0 Å². The Bertz CT molecular complexity index is 635. The van der Waals surface area contributed by atoms with Crippen LogP contribution in [0.4, 0.5) is 0 Å². The van der Waals surface area contributed by atoms with E-state index in [1.165, 1.54) is 46.2 Å². The Morgan fingerprint density at radius 2 is 1.95 bits per heavy atom. The van der Waals surface area contributed by atoms with Crippen LogP contribution < -0.4 is 5.32 Å². The Hall–Kier alpha value is -1.28. The highest BCUT2D eigenvalue weighted by atomic mass is 16.3. The molecule has 0 unspecified atom stereocenters. The molecule has 20 heavy (non-hydrogen) atoms. The molecule has 3 rings (SSSR count). The first-order valence-electron chi connectivity index (χ1n) is 7.86. The van der Waals surface area contributed by atoms with E-state index in [0.29, 0.717) is 0 Å². The molecule has 1 fully saturated rings. The zero-order valence-corrected chi connectivity index (χ0v) is 13.1. The van der Waals surface area contributed by atoms with Crippen LogP contribution in [-0.2, 0) is 6.54 Å². The number of hydrogen-bond donors (Lipinski definition) is 1. The molecule has 0 aliphatic heterocycles. The maximum Gasteiger partial charge on any atom is 0.138 e. The molecule has 0 saturated heterocycles. The van der Waals surface area contributed by atoms with Gasteiger partial charge in [0.2, 0.25) is 0 Å². The van der Waals surface area contributed by atoms with Crippen molar-refractivity contribution in [3.05, 3.63) is 34.1 Å². The number of nitrogens with one attached hydrogen (secondary N) is 1. The van der Waals surface area contributed by atoms with Gasteiger partial charge in [0.15, 0.2) is 0 Å². The summed E-state index contributed by atoms with van der Waals surface area (Å²) in [6.07, 6.45) is 3.81. The van der Waals surface area contributed by atoms with Gasteiger partial charge in [-0.25, -0.2) is 0 Å². The van der Waals surface area contributed by atoms with Crippen LogP contribution in [0.25, 0.3) is 11.0 Å². The molecule has 1 aliphatic carbocycles. The molecular formula is C18H25NO. The Morgan fingerprint density at radius 3 is 2.60 bits per heavy atom. The molecule has 1 N–H and O–H groups in total. The molecule has 0 atom stereocenters. The van der Waals surface area contributed by atoms with Gasteiger partial charge in [-0.3, -0.25) is 0 Å². The number of aryl methyl sites for hydroxylation is 3. The van der Waals surface area contributed by atoms with E-state index in [1.54, 1.807) is 0 Å². The zero-order chi connectivity index (χ0) is 14.3. The molecule has 1 saturated carbocycles. The smallest absolute Gasteiger partial charge is 0.138 e. The zero-order valence-electron chi connectivity index (χ0n) is 13.1. The quantitative estimate of drug-likeness (QED) is 0.795. The van der Waals surface area contributed by atoms with Gasteiger partial charge < -0.3 is 9.73 Å². The highest BCUT2D eigenvalue weighted by Gasteiger charge is 2.31. The first kappa shape index (κ1) is 13.7. The van der Waals surface area contributed by atoms with Gasteiger partial charge >= 0.3 is 0 Å². The van der Waals surface area contributed by atoms with E-state index < -0.39 is 0 Å². The number of furan rings is 1. The summed E-state index contributed by atoms with van der Waals surface area (Å²) in [5, 5.41) is 4.89. The largest absolute Gasteiger partial charge is 0.459 e. The molecule has 2 aromatic rings. The summed E-state index contributed by atoms with van der Waals surface area (Å²) in [6, 6.07) is 2.31. The van der Waals surface area contributed by atoms with Gasteiger partial charge in [0.25, 0.3) is 0 Å². The maximum atomic E-state index is 6.28. The van der Waals surface area contributed by atoms with Crippen LogP contribution in [0.2, 0.25) is 0 Å². The lowest BCUT2D eigenvalue weighted by Gasteiger charge is -2.05. The molecule has 2 nitrogen and oxygen atoms in total. The molecule has 0 bridgehead atoms. The highest BCUT2D eigenvalue weighted by molar-refractivity contribution is 5.89. The minimum absolute atomic E-state index is 0.732. The van der Waals surface area contributed by atoms with Crippen molar-refractivity contribution in [3.63, 3.8) is 0 Å². The van der Waals surface area contributed by atoms with Gasteiger partial charge in [-0.2, -0.15) is 0 Å². The first-order chi connectivity index (χ1) is 9.63. The van der Waals surface area contributed by atoms with E-state index in [1.807, 2.05) is 0 Å². The summed E-state index contributed by atoms with van der Waals surface area (Å²) >= 11 is 0. The van der Waals surface area contributed by atoms with Crippen LogP contribution >= 0.6 is 0 Å². The van der Waals surface area contributed by atoms with E-state index in [2.05, 4.69) is 39.1 Å². The van der Waals surface area contributed by atoms with Crippen molar-refractivity contribution in [1.82, 2.24) is 5.32 Å². The Kier molecular flexibility index (Phi) is 3.59. The molecule has 2 heteroatoms. The fraction of sp³-hybridized carbons (Fsp3) is 0.556. The summed E-state index contributed by atoms with van der Waals surface area (Å²) in [5.41, 5.74) is 6.62. The second-order valence-corrected chi connectivity index (χ2v) is 6.23. The van der Waals surface area contributed by atoms with Crippen molar-refractivity contribution < 1.29 is 4.42 Å². The third-order valence-electron chi connectivity index (χ3n) is 4.48. The van der Waals surface area contributed by atoms with E-state index in [9.17, 15) is 0 Å². The minimum atomic E-state index is 0.732. The molecular weight excluding hydrogens is 246 g/mol. The van der Waals surface area contributed by atoms with Crippen molar-refractivity contribution in [2.75, 3.05) is 6.54 Å². The standard InChI is InChI=1S/C18H25NO/c1-5-8-19-10-15-17(14-6-7-14)16-12(3)9-11(2)13(4)18(16)20-15/h9,14,19H,5-8,10H2,1-4H3. The Morgan fingerprint density at radius 1 is 1.20 bits per heavy atom. The second kappa shape index (κ2) is 5.25. The lowest BCUT2D eigenvalue weighted by atomic mass is 9.97. The third kappa shape index (κ3) is 2.26. The normalized spacial score (nSPS) is 15.2. The fourth-order valence-corrected chi connectivity index (χ4v) is 3.14. The van der Waals surface area contributed by atoms with Gasteiger partial charge in [-0.15, -0.1) is 0 Å². The van der Waals surface area contributed by atoms with Crippen LogP contribution in [0.15, 0.2) is 10.5 Å². The van der Waals surface area contributed by atoms with Gasteiger partial charge in [0.1, 0.15) is 11.3 Å². The summed E-state index contributed by atoms with van der Waals surface area (Å²) in [7, 11) is 0. The summed E-state index contributed by atoms with van der Waals surface area (Å²) < 4.78 is 6.28. The van der Waals surface area contributed by atoms with Gasteiger partial charge in [-0.05, 0) is 69.2 Å². The maximum absolute atomic E-state index is 6.28. The number of hydrogen-bond acceptors (Lipinski definition) is 2. The fourth-order valence-electron chi connectivity index (χ4n) is 3.14. The molecule has 1 aromatic carbocycles. The lowest BCUT2D eigenvalue weighted by molar-refractivity contribution is 0.506. The molecule has 1 aromatic heterocycles. The van der Waals surface area contributed by atoms with E-state index in [-0.39, 0.29) is 0 Å². The van der Waals surface area contributed by atoms with Gasteiger partial charge in [-0.1, -0.05) is 13.0 Å². The van der Waals surface area contributed by atoms with Crippen LogP contribution in [0.5, 0.6) is 0 Å². The van der Waals surface area contributed by atoms with Crippen LogP contribution in [0.3, 0.4) is 0 Å². The van der Waals surface area contributed by atoms with Crippen molar-refractivity contribution in [2.45, 2.75) is 59.4 Å². The Balaban J connectivity index is 2.12. The van der Waals surface area contributed by atoms with Crippen molar-refractivity contribution in [1.29, 1.82) is 0 Å². The number of rotatable bonds is 5. The number of fused-ring (bicyclic) bond motifs is 1. The summed E-state index contributed by atoms with van der Waals surface area (Å²) in [6.45, 7) is 10.7. The monoisotopic (exact) mass is 271 g/mol. The molecule has 108 valence electrons. The van der Waals surface area contributed by atoms with Crippen molar-refractivity contribution in [2.24, 2.45) is 0 Å². The number of benzene rings is 1. The predicted octanol–water partition coefficient (Wildman–Crippen LogP) is 4.74. The van der Waals surface area contributed by atoms with Crippen LogP contribution in [-0.4, -0.2) is 6.54 Å². The average molecular weight is 271 g/mol. The van der Waals surface area contributed by atoms with Crippen molar-refractivity contribution >= 4 is 11.0 Å². The molecule has 0 amide bonds. The third-order valence-corrected chi connectivity index (χ3v) is 4.48. The molecule has 0 radical (unpaired) electrons. The summed E-state index contributed by atoms with van der Waals surface area (Å²) in [5.74, 6) is 1.91. The lowest BCUT2D eigenvalue weighted by Crippen LogP contribution is -2.14. The van der Waals surface area contributed by atoms with Crippen molar-refractivity contribution in [3.8, 4) is 0 Å². The van der Waals surface area contributed by atoms with Crippen LogP contribution in [0, 0.1) is 20.8 Å². The predicted molar refractivity (Wildman–Crippen MR) is 84.4 cm³/mol. The average Bonchev–Trinajstić information content (AvgIpc) is 3.18. The van der Waals surface area contributed by atoms with Crippen LogP contribution in [0.1, 0.15) is 60.1 Å². The molecule has 0 spiro atoms. The highest BCUT2D eigenvalue weighted by Crippen LogP contribution is 2.47. The Labute approximate surface area is 121 Å². The summed E-state index contributed by atoms with van der Waals surface area (Å²) in [4.78, 5) is 0.